The van der Waals surface area contributed by atoms with Crippen molar-refractivity contribution in [3.05, 3.63) is 99.0 Å². The third kappa shape index (κ3) is 8.85. The van der Waals surface area contributed by atoms with Gasteiger partial charge in [-0.3, -0.25) is 9.59 Å². The molecule has 35 heavy (non-hydrogen) atoms. The van der Waals surface area contributed by atoms with Crippen LogP contribution in [0.25, 0.3) is 0 Å². The van der Waals surface area contributed by atoms with Gasteiger partial charge in [0, 0.05) is 15.1 Å². The Morgan fingerprint density at radius 3 is 2.29 bits per heavy atom. The van der Waals surface area contributed by atoms with Crippen molar-refractivity contribution < 1.29 is 14.3 Å². The lowest BCUT2D eigenvalue weighted by molar-refractivity contribution is -0.123. The molecule has 1 atom stereocenters. The standard InChI is InChI=1S/C27H27BrClN3O3/c1-18(2)15-25(31-26(33)21-7-11-23(29)12-8-21)27(34)32-30-16-19-5-13-24(14-6-19)35-17-20-3-9-22(28)10-4-20/h3-14,16,18,25H,15,17H2,1-2H3,(H,31,33)(H,32,34). The fourth-order valence-corrected chi connectivity index (χ4v) is 3.58. The van der Waals surface area contributed by atoms with Gasteiger partial charge in [0.1, 0.15) is 18.4 Å². The molecule has 3 rings (SSSR count). The van der Waals surface area contributed by atoms with Crippen LogP contribution < -0.4 is 15.5 Å². The van der Waals surface area contributed by atoms with E-state index < -0.39 is 6.04 Å². The third-order valence-electron chi connectivity index (χ3n) is 5.02. The number of carbonyl (C=O) groups is 2. The summed E-state index contributed by atoms with van der Waals surface area (Å²) in [5, 5.41) is 7.38. The van der Waals surface area contributed by atoms with Gasteiger partial charge < -0.3 is 10.1 Å². The quantitative estimate of drug-likeness (QED) is 0.238. The lowest BCUT2D eigenvalue weighted by Gasteiger charge is -2.19. The van der Waals surface area contributed by atoms with Crippen LogP contribution in [0.5, 0.6) is 5.75 Å². The van der Waals surface area contributed by atoms with E-state index in [1.165, 1.54) is 0 Å². The molecule has 0 aliphatic carbocycles. The zero-order chi connectivity index (χ0) is 25.2. The maximum Gasteiger partial charge on any atom is 0.262 e. The Labute approximate surface area is 218 Å². The molecule has 0 bridgehead atoms. The van der Waals surface area contributed by atoms with Gasteiger partial charge in [0.25, 0.3) is 11.8 Å². The summed E-state index contributed by atoms with van der Waals surface area (Å²) < 4.78 is 6.83. The molecule has 2 N–H and O–H groups in total. The van der Waals surface area contributed by atoms with Crippen LogP contribution in [-0.4, -0.2) is 24.1 Å². The molecule has 8 heteroatoms. The highest BCUT2D eigenvalue weighted by molar-refractivity contribution is 9.10. The maximum atomic E-state index is 12.7. The molecule has 0 aliphatic heterocycles. The van der Waals surface area contributed by atoms with E-state index in [0.29, 0.717) is 23.6 Å². The summed E-state index contributed by atoms with van der Waals surface area (Å²) in [5.74, 6) is 0.207. The van der Waals surface area contributed by atoms with Crippen LogP contribution in [0, 0.1) is 5.92 Å². The van der Waals surface area contributed by atoms with Crippen molar-refractivity contribution in [1.82, 2.24) is 10.7 Å². The molecule has 0 saturated heterocycles. The molecule has 3 aromatic carbocycles. The summed E-state index contributed by atoms with van der Waals surface area (Å²) >= 11 is 9.30. The molecular weight excluding hydrogens is 530 g/mol. The van der Waals surface area contributed by atoms with Crippen LogP contribution in [0.3, 0.4) is 0 Å². The highest BCUT2D eigenvalue weighted by atomic mass is 79.9. The van der Waals surface area contributed by atoms with Crippen molar-refractivity contribution in [1.29, 1.82) is 0 Å². The number of amides is 2. The first-order valence-corrected chi connectivity index (χ1v) is 12.3. The Morgan fingerprint density at radius 1 is 1.00 bits per heavy atom. The average Bonchev–Trinajstić information content (AvgIpc) is 2.84. The van der Waals surface area contributed by atoms with Crippen LogP contribution >= 0.6 is 27.5 Å². The van der Waals surface area contributed by atoms with E-state index in [4.69, 9.17) is 16.3 Å². The molecular formula is C27H27BrClN3O3. The Balaban J connectivity index is 1.53. The van der Waals surface area contributed by atoms with Crippen LogP contribution in [0.15, 0.2) is 82.4 Å². The molecule has 0 spiro atoms. The number of rotatable bonds is 10. The molecule has 0 fully saturated rings. The zero-order valence-corrected chi connectivity index (χ0v) is 21.8. The number of hydrogen-bond donors (Lipinski definition) is 2. The van der Waals surface area contributed by atoms with Gasteiger partial charge in [-0.25, -0.2) is 5.43 Å². The number of nitrogens with one attached hydrogen (secondary N) is 2. The highest BCUT2D eigenvalue weighted by Crippen LogP contribution is 2.16. The highest BCUT2D eigenvalue weighted by Gasteiger charge is 2.22. The molecule has 0 saturated carbocycles. The molecule has 0 heterocycles. The molecule has 0 aromatic heterocycles. The number of nitrogens with zero attached hydrogens (tertiary/aromatic N) is 1. The number of hydrazone groups is 1. The fourth-order valence-electron chi connectivity index (χ4n) is 3.19. The van der Waals surface area contributed by atoms with E-state index in [-0.39, 0.29) is 17.7 Å². The monoisotopic (exact) mass is 555 g/mol. The molecule has 0 aliphatic rings. The SMILES string of the molecule is CC(C)CC(NC(=O)c1ccc(Cl)cc1)C(=O)NN=Cc1ccc(OCc2ccc(Br)cc2)cc1. The first kappa shape index (κ1) is 26.4. The van der Waals surface area contributed by atoms with Crippen LogP contribution in [-0.2, 0) is 11.4 Å². The van der Waals surface area contributed by atoms with Crippen LogP contribution in [0.1, 0.15) is 41.8 Å². The fraction of sp³-hybridized carbons (Fsp3) is 0.222. The lowest BCUT2D eigenvalue weighted by atomic mass is 10.0. The van der Waals surface area contributed by atoms with Crippen LogP contribution in [0.4, 0.5) is 0 Å². The summed E-state index contributed by atoms with van der Waals surface area (Å²) in [6.45, 7) is 4.44. The normalized spacial score (nSPS) is 11.9. The maximum absolute atomic E-state index is 12.7. The predicted octanol–water partition coefficient (Wildman–Crippen LogP) is 5.98. The second-order valence-electron chi connectivity index (χ2n) is 8.38. The topological polar surface area (TPSA) is 79.8 Å². The number of hydrogen-bond acceptors (Lipinski definition) is 4. The van der Waals surface area contributed by atoms with Gasteiger partial charge >= 0.3 is 0 Å². The zero-order valence-electron chi connectivity index (χ0n) is 19.5. The summed E-state index contributed by atoms with van der Waals surface area (Å²) in [5.41, 5.74) is 4.83. The average molecular weight is 557 g/mol. The largest absolute Gasteiger partial charge is 0.489 e. The van der Waals surface area contributed by atoms with E-state index in [0.717, 1.165) is 21.3 Å². The van der Waals surface area contributed by atoms with Gasteiger partial charge in [-0.1, -0.05) is 53.5 Å². The number of carbonyl (C=O) groups excluding carboxylic acids is 2. The molecule has 6 nitrogen and oxygen atoms in total. The van der Waals surface area contributed by atoms with Gasteiger partial charge in [-0.05, 0) is 84.1 Å². The van der Waals surface area contributed by atoms with Gasteiger partial charge in [0.2, 0.25) is 0 Å². The van der Waals surface area contributed by atoms with E-state index >= 15 is 0 Å². The van der Waals surface area contributed by atoms with Crippen LogP contribution in [0.2, 0.25) is 5.02 Å². The molecule has 1 unspecified atom stereocenters. The van der Waals surface area contributed by atoms with Gasteiger partial charge in [0.15, 0.2) is 0 Å². The Morgan fingerprint density at radius 2 is 1.66 bits per heavy atom. The minimum absolute atomic E-state index is 0.199. The van der Waals surface area contributed by atoms with Crippen molar-refractivity contribution in [2.24, 2.45) is 11.0 Å². The van der Waals surface area contributed by atoms with Gasteiger partial charge in [-0.15, -0.1) is 0 Å². The molecule has 3 aromatic rings. The molecule has 2 amide bonds. The minimum atomic E-state index is -0.718. The van der Waals surface area contributed by atoms with E-state index in [9.17, 15) is 9.59 Å². The van der Waals surface area contributed by atoms with Crippen molar-refractivity contribution in [3.8, 4) is 5.75 Å². The summed E-state index contributed by atoms with van der Waals surface area (Å²) in [7, 11) is 0. The first-order chi connectivity index (χ1) is 16.8. The van der Waals surface area contributed by atoms with Crippen molar-refractivity contribution >= 4 is 45.6 Å². The minimum Gasteiger partial charge on any atom is -0.489 e. The summed E-state index contributed by atoms with van der Waals surface area (Å²) in [6, 6.07) is 21.1. The second kappa shape index (κ2) is 13.1. The molecule has 0 radical (unpaired) electrons. The number of halogens is 2. The Kier molecular flexibility index (Phi) is 9.87. The van der Waals surface area contributed by atoms with Gasteiger partial charge in [0.05, 0.1) is 6.21 Å². The van der Waals surface area contributed by atoms with Gasteiger partial charge in [-0.2, -0.15) is 5.10 Å². The summed E-state index contributed by atoms with van der Waals surface area (Å²) in [4.78, 5) is 25.3. The van der Waals surface area contributed by atoms with E-state index in [2.05, 4.69) is 31.8 Å². The first-order valence-electron chi connectivity index (χ1n) is 11.2. The Bertz CT molecular complexity index is 1150. The summed E-state index contributed by atoms with van der Waals surface area (Å²) in [6.07, 6.45) is 2.02. The van der Waals surface area contributed by atoms with Crippen molar-refractivity contribution in [2.75, 3.05) is 0 Å². The molecule has 182 valence electrons. The second-order valence-corrected chi connectivity index (χ2v) is 9.73. The smallest absolute Gasteiger partial charge is 0.262 e. The van der Waals surface area contributed by atoms with E-state index in [1.807, 2.05) is 62.4 Å². The Hall–Kier alpha value is -3.16. The third-order valence-corrected chi connectivity index (χ3v) is 5.80. The number of benzene rings is 3. The van der Waals surface area contributed by atoms with E-state index in [1.54, 1.807) is 30.5 Å². The lowest BCUT2D eigenvalue weighted by Crippen LogP contribution is -2.46. The number of ether oxygens (including phenoxy) is 1. The van der Waals surface area contributed by atoms with Crippen molar-refractivity contribution in [3.63, 3.8) is 0 Å². The predicted molar refractivity (Wildman–Crippen MR) is 143 cm³/mol. The van der Waals surface area contributed by atoms with Crippen molar-refractivity contribution in [2.45, 2.75) is 32.9 Å².